The zero-order chi connectivity index (χ0) is 17.4. The predicted molar refractivity (Wildman–Crippen MR) is 86.1 cm³/mol. The van der Waals surface area contributed by atoms with Crippen molar-refractivity contribution in [3.8, 4) is 11.8 Å². The SMILES string of the molecule is COc1cccc(COCCNC(=O)c2ccc(F)c(C#N)c2)c1. The van der Waals surface area contributed by atoms with Crippen molar-refractivity contribution in [2.45, 2.75) is 6.61 Å². The van der Waals surface area contributed by atoms with E-state index in [-0.39, 0.29) is 17.0 Å². The highest BCUT2D eigenvalue weighted by molar-refractivity contribution is 5.94. The number of hydrogen-bond acceptors (Lipinski definition) is 4. The molecule has 0 unspecified atom stereocenters. The number of nitriles is 1. The van der Waals surface area contributed by atoms with Crippen molar-refractivity contribution in [2.75, 3.05) is 20.3 Å². The van der Waals surface area contributed by atoms with Crippen molar-refractivity contribution in [3.05, 3.63) is 65.0 Å². The summed E-state index contributed by atoms with van der Waals surface area (Å²) in [4.78, 5) is 11.9. The lowest BCUT2D eigenvalue weighted by molar-refractivity contribution is 0.0900. The molecule has 0 atom stereocenters. The topological polar surface area (TPSA) is 71.3 Å². The van der Waals surface area contributed by atoms with Crippen LogP contribution in [-0.4, -0.2) is 26.2 Å². The monoisotopic (exact) mass is 328 g/mol. The van der Waals surface area contributed by atoms with Gasteiger partial charge in [0.25, 0.3) is 5.91 Å². The zero-order valence-corrected chi connectivity index (χ0v) is 13.2. The van der Waals surface area contributed by atoms with E-state index in [9.17, 15) is 9.18 Å². The molecule has 0 saturated heterocycles. The Labute approximate surface area is 139 Å². The van der Waals surface area contributed by atoms with E-state index in [0.29, 0.717) is 19.8 Å². The number of rotatable bonds is 7. The molecule has 0 bridgehead atoms. The first-order valence-electron chi connectivity index (χ1n) is 7.32. The second-order valence-corrected chi connectivity index (χ2v) is 4.97. The minimum atomic E-state index is -0.643. The maximum absolute atomic E-state index is 13.2. The number of hydrogen-bond donors (Lipinski definition) is 1. The average molecular weight is 328 g/mol. The molecule has 0 spiro atoms. The number of carbonyl (C=O) groups excluding carboxylic acids is 1. The fourth-order valence-corrected chi connectivity index (χ4v) is 2.04. The highest BCUT2D eigenvalue weighted by Gasteiger charge is 2.09. The van der Waals surface area contributed by atoms with E-state index in [1.54, 1.807) is 13.2 Å². The van der Waals surface area contributed by atoms with E-state index in [2.05, 4.69) is 5.32 Å². The van der Waals surface area contributed by atoms with E-state index in [1.165, 1.54) is 12.1 Å². The Morgan fingerprint density at radius 2 is 2.12 bits per heavy atom. The largest absolute Gasteiger partial charge is 0.497 e. The molecular formula is C18H17FN2O3. The second kappa shape index (κ2) is 8.65. The second-order valence-electron chi connectivity index (χ2n) is 4.97. The van der Waals surface area contributed by atoms with Gasteiger partial charge in [0.05, 0.1) is 25.9 Å². The maximum Gasteiger partial charge on any atom is 0.251 e. The Morgan fingerprint density at radius 3 is 2.88 bits per heavy atom. The number of nitrogens with one attached hydrogen (secondary N) is 1. The van der Waals surface area contributed by atoms with E-state index in [0.717, 1.165) is 17.4 Å². The van der Waals surface area contributed by atoms with Crippen LogP contribution in [0, 0.1) is 17.1 Å². The van der Waals surface area contributed by atoms with E-state index in [1.807, 2.05) is 24.3 Å². The average Bonchev–Trinajstić information content (AvgIpc) is 2.61. The van der Waals surface area contributed by atoms with Gasteiger partial charge in [-0.25, -0.2) is 4.39 Å². The van der Waals surface area contributed by atoms with Gasteiger partial charge in [-0.15, -0.1) is 0 Å². The first-order valence-corrected chi connectivity index (χ1v) is 7.32. The lowest BCUT2D eigenvalue weighted by Gasteiger charge is -2.08. The van der Waals surface area contributed by atoms with Crippen LogP contribution < -0.4 is 10.1 Å². The number of benzene rings is 2. The van der Waals surface area contributed by atoms with Gasteiger partial charge in [-0.1, -0.05) is 12.1 Å². The molecule has 124 valence electrons. The molecule has 5 nitrogen and oxygen atoms in total. The van der Waals surface area contributed by atoms with Gasteiger partial charge >= 0.3 is 0 Å². The smallest absolute Gasteiger partial charge is 0.251 e. The van der Waals surface area contributed by atoms with Gasteiger partial charge in [0.15, 0.2) is 0 Å². The Kier molecular flexibility index (Phi) is 6.29. The number of methoxy groups -OCH3 is 1. The summed E-state index contributed by atoms with van der Waals surface area (Å²) in [6.45, 7) is 1.04. The van der Waals surface area contributed by atoms with E-state index >= 15 is 0 Å². The van der Waals surface area contributed by atoms with Crippen LogP contribution in [0.25, 0.3) is 0 Å². The fourth-order valence-electron chi connectivity index (χ4n) is 2.04. The van der Waals surface area contributed by atoms with Crippen LogP contribution in [0.1, 0.15) is 21.5 Å². The highest BCUT2D eigenvalue weighted by atomic mass is 19.1. The maximum atomic E-state index is 13.2. The summed E-state index contributed by atoms with van der Waals surface area (Å²) >= 11 is 0. The summed E-state index contributed by atoms with van der Waals surface area (Å²) in [5, 5.41) is 11.4. The molecule has 2 aromatic rings. The molecule has 0 aliphatic carbocycles. The molecule has 0 aliphatic rings. The summed E-state index contributed by atoms with van der Waals surface area (Å²) in [6.07, 6.45) is 0. The molecule has 0 saturated carbocycles. The Balaban J connectivity index is 1.76. The third-order valence-electron chi connectivity index (χ3n) is 3.28. The Bertz CT molecular complexity index is 756. The molecular weight excluding hydrogens is 311 g/mol. The lowest BCUT2D eigenvalue weighted by atomic mass is 10.1. The zero-order valence-electron chi connectivity index (χ0n) is 13.2. The van der Waals surface area contributed by atoms with Crippen molar-refractivity contribution in [1.82, 2.24) is 5.32 Å². The lowest BCUT2D eigenvalue weighted by Crippen LogP contribution is -2.27. The van der Waals surface area contributed by atoms with Gasteiger partial charge in [-0.2, -0.15) is 5.26 Å². The molecule has 0 heterocycles. The van der Waals surface area contributed by atoms with Crippen LogP contribution >= 0.6 is 0 Å². The molecule has 1 amide bonds. The highest BCUT2D eigenvalue weighted by Crippen LogP contribution is 2.13. The third-order valence-corrected chi connectivity index (χ3v) is 3.28. The van der Waals surface area contributed by atoms with Gasteiger partial charge in [0, 0.05) is 12.1 Å². The first-order chi connectivity index (χ1) is 11.6. The predicted octanol–water partition coefficient (Wildman–Crippen LogP) is 2.65. The summed E-state index contributed by atoms with van der Waals surface area (Å²) in [6, 6.07) is 12.9. The van der Waals surface area contributed by atoms with Crippen molar-refractivity contribution in [3.63, 3.8) is 0 Å². The van der Waals surface area contributed by atoms with Crippen molar-refractivity contribution in [2.24, 2.45) is 0 Å². The number of halogens is 1. The van der Waals surface area contributed by atoms with E-state index < -0.39 is 5.82 Å². The van der Waals surface area contributed by atoms with Crippen LogP contribution in [0.3, 0.4) is 0 Å². The van der Waals surface area contributed by atoms with Crippen LogP contribution in [0.5, 0.6) is 5.75 Å². The van der Waals surface area contributed by atoms with E-state index in [4.69, 9.17) is 14.7 Å². The summed E-state index contributed by atoms with van der Waals surface area (Å²) in [7, 11) is 1.60. The van der Waals surface area contributed by atoms with Gasteiger partial charge in [-0.05, 0) is 35.9 Å². The quantitative estimate of drug-likeness (QED) is 0.793. The van der Waals surface area contributed by atoms with Gasteiger partial charge in [0.1, 0.15) is 17.6 Å². The molecule has 0 aliphatic heterocycles. The minimum Gasteiger partial charge on any atom is -0.497 e. The fraction of sp³-hybridized carbons (Fsp3) is 0.222. The number of ether oxygens (including phenoxy) is 2. The third kappa shape index (κ3) is 4.80. The van der Waals surface area contributed by atoms with Gasteiger partial charge in [0.2, 0.25) is 0 Å². The van der Waals surface area contributed by atoms with Crippen LogP contribution in [-0.2, 0) is 11.3 Å². The Hall–Kier alpha value is -2.91. The van der Waals surface area contributed by atoms with Crippen LogP contribution in [0.15, 0.2) is 42.5 Å². The summed E-state index contributed by atoms with van der Waals surface area (Å²) < 4.78 is 23.8. The Morgan fingerprint density at radius 1 is 1.29 bits per heavy atom. The number of nitrogens with zero attached hydrogens (tertiary/aromatic N) is 1. The molecule has 24 heavy (non-hydrogen) atoms. The van der Waals surface area contributed by atoms with Crippen molar-refractivity contribution < 1.29 is 18.7 Å². The molecule has 1 N–H and O–H groups in total. The van der Waals surface area contributed by atoms with Gasteiger partial charge in [-0.3, -0.25) is 4.79 Å². The van der Waals surface area contributed by atoms with Crippen molar-refractivity contribution >= 4 is 5.91 Å². The summed E-state index contributed by atoms with van der Waals surface area (Å²) in [5.41, 5.74) is 1.05. The summed E-state index contributed by atoms with van der Waals surface area (Å²) in [5.74, 6) is -0.263. The number of carbonyl (C=O) groups is 1. The van der Waals surface area contributed by atoms with Crippen LogP contribution in [0.2, 0.25) is 0 Å². The molecule has 2 rings (SSSR count). The van der Waals surface area contributed by atoms with Crippen molar-refractivity contribution in [1.29, 1.82) is 5.26 Å². The number of amides is 1. The molecule has 6 heteroatoms. The molecule has 2 aromatic carbocycles. The molecule has 0 radical (unpaired) electrons. The molecule has 0 fully saturated rings. The standard InChI is InChI=1S/C18H17FN2O3/c1-23-16-4-2-3-13(9-16)12-24-8-7-21-18(22)14-5-6-17(19)15(10-14)11-20/h2-6,9-10H,7-8,12H2,1H3,(H,21,22). The van der Waals surface area contributed by atoms with Crippen LogP contribution in [0.4, 0.5) is 4.39 Å². The van der Waals surface area contributed by atoms with Gasteiger partial charge < -0.3 is 14.8 Å². The first kappa shape index (κ1) is 17.4. The minimum absolute atomic E-state index is 0.156. The molecule has 0 aromatic heterocycles. The normalized spacial score (nSPS) is 10.0.